The number of hydrogen-bond donors (Lipinski definition) is 2. The molecule has 0 aromatic heterocycles. The summed E-state index contributed by atoms with van der Waals surface area (Å²) >= 11 is 0. The molecule has 3 unspecified atom stereocenters. The summed E-state index contributed by atoms with van der Waals surface area (Å²) in [5.41, 5.74) is 5.30. The van der Waals surface area contributed by atoms with Gasteiger partial charge in [0, 0.05) is 6.04 Å². The lowest BCUT2D eigenvalue weighted by Gasteiger charge is -2.38. The van der Waals surface area contributed by atoms with E-state index in [4.69, 9.17) is 5.73 Å². The molecule has 20 heavy (non-hydrogen) atoms. The van der Waals surface area contributed by atoms with Gasteiger partial charge in [0.2, 0.25) is 5.91 Å². The normalized spacial score (nSPS) is 30.1. The van der Waals surface area contributed by atoms with Crippen LogP contribution in [-0.2, 0) is 9.59 Å². The first-order chi connectivity index (χ1) is 9.44. The Labute approximate surface area is 120 Å². The van der Waals surface area contributed by atoms with Gasteiger partial charge in [0.15, 0.2) is 0 Å². The number of aliphatic carboxylic acids is 1. The van der Waals surface area contributed by atoms with Crippen LogP contribution in [0.15, 0.2) is 0 Å². The van der Waals surface area contributed by atoms with E-state index >= 15 is 0 Å². The number of carbonyl (C=O) groups excluding carboxylic acids is 1. The number of carboxylic acid groups (broad SMARTS) is 1. The van der Waals surface area contributed by atoms with E-state index in [0.29, 0.717) is 25.2 Å². The van der Waals surface area contributed by atoms with Crippen LogP contribution in [-0.4, -0.2) is 39.5 Å². The number of amides is 1. The van der Waals surface area contributed by atoms with Crippen LogP contribution in [0.25, 0.3) is 0 Å². The van der Waals surface area contributed by atoms with Gasteiger partial charge in [-0.1, -0.05) is 26.7 Å². The van der Waals surface area contributed by atoms with Gasteiger partial charge >= 0.3 is 5.97 Å². The van der Waals surface area contributed by atoms with Gasteiger partial charge in [0.05, 0.1) is 5.54 Å². The van der Waals surface area contributed by atoms with Crippen LogP contribution in [0.3, 0.4) is 0 Å². The molecule has 0 aromatic rings. The van der Waals surface area contributed by atoms with Gasteiger partial charge in [-0.25, -0.2) is 4.79 Å². The van der Waals surface area contributed by atoms with E-state index in [9.17, 15) is 14.7 Å². The van der Waals surface area contributed by atoms with E-state index in [0.717, 1.165) is 25.7 Å². The Morgan fingerprint density at radius 2 is 1.85 bits per heavy atom. The summed E-state index contributed by atoms with van der Waals surface area (Å²) in [6, 6.07) is -0.602. The molecule has 5 nitrogen and oxygen atoms in total. The van der Waals surface area contributed by atoms with Crippen molar-refractivity contribution in [2.24, 2.45) is 11.7 Å². The molecular weight excluding hydrogens is 256 g/mol. The zero-order valence-corrected chi connectivity index (χ0v) is 12.5. The van der Waals surface area contributed by atoms with E-state index in [1.165, 1.54) is 0 Å². The fourth-order valence-corrected chi connectivity index (χ4v) is 3.78. The maximum Gasteiger partial charge on any atom is 0.326 e. The molecule has 114 valence electrons. The first-order valence-electron chi connectivity index (χ1n) is 7.79. The lowest BCUT2D eigenvalue weighted by Crippen LogP contribution is -2.59. The van der Waals surface area contributed by atoms with Crippen molar-refractivity contribution < 1.29 is 14.7 Å². The van der Waals surface area contributed by atoms with E-state index in [2.05, 4.69) is 0 Å². The Kier molecular flexibility index (Phi) is 4.37. The van der Waals surface area contributed by atoms with Crippen LogP contribution in [0.2, 0.25) is 0 Å². The molecule has 0 radical (unpaired) electrons. The molecule has 1 saturated carbocycles. The van der Waals surface area contributed by atoms with E-state index in [1.807, 2.05) is 13.8 Å². The summed E-state index contributed by atoms with van der Waals surface area (Å²) in [6.45, 7) is 3.79. The largest absolute Gasteiger partial charge is 0.480 e. The number of nitrogens with two attached hydrogens (primary N) is 1. The minimum Gasteiger partial charge on any atom is -0.480 e. The maximum absolute atomic E-state index is 12.8. The second kappa shape index (κ2) is 5.72. The highest BCUT2D eigenvalue weighted by Crippen LogP contribution is 2.41. The van der Waals surface area contributed by atoms with Crippen molar-refractivity contribution in [1.29, 1.82) is 0 Å². The standard InChI is InChI=1S/C15H26N2O3/c1-3-15(16,4-2)14(20)17-11-8-6-5-7-10(11)9-12(17)13(18)19/h10-12H,3-9,16H2,1-2H3,(H,18,19). The van der Waals surface area contributed by atoms with E-state index < -0.39 is 17.6 Å². The van der Waals surface area contributed by atoms with Crippen LogP contribution in [0.1, 0.15) is 58.8 Å². The minimum absolute atomic E-state index is 0.0818. The summed E-state index contributed by atoms with van der Waals surface area (Å²) < 4.78 is 0. The quantitative estimate of drug-likeness (QED) is 0.822. The van der Waals surface area contributed by atoms with Crippen molar-refractivity contribution in [2.75, 3.05) is 0 Å². The highest BCUT2D eigenvalue weighted by Gasteiger charge is 2.50. The van der Waals surface area contributed by atoms with E-state index in [-0.39, 0.29) is 11.9 Å². The third kappa shape index (κ3) is 2.43. The van der Waals surface area contributed by atoms with Crippen molar-refractivity contribution in [3.8, 4) is 0 Å². The molecule has 3 atom stereocenters. The monoisotopic (exact) mass is 282 g/mol. The molecule has 0 spiro atoms. The summed E-state index contributed by atoms with van der Waals surface area (Å²) in [5.74, 6) is -0.710. The Morgan fingerprint density at radius 1 is 1.25 bits per heavy atom. The Bertz CT molecular complexity index is 393. The number of carbonyl (C=O) groups is 2. The SMILES string of the molecule is CCC(N)(CC)C(=O)N1C(C(=O)O)CC2CCCCC21. The summed E-state index contributed by atoms with van der Waals surface area (Å²) in [6.07, 6.45) is 5.86. The van der Waals surface area contributed by atoms with Crippen LogP contribution < -0.4 is 5.73 Å². The van der Waals surface area contributed by atoms with Gasteiger partial charge in [0.1, 0.15) is 6.04 Å². The fraction of sp³-hybridized carbons (Fsp3) is 0.867. The molecule has 2 aliphatic rings. The predicted molar refractivity (Wildman–Crippen MR) is 76.1 cm³/mol. The second-order valence-corrected chi connectivity index (χ2v) is 6.28. The highest BCUT2D eigenvalue weighted by molar-refractivity contribution is 5.91. The maximum atomic E-state index is 12.8. The summed E-state index contributed by atoms with van der Waals surface area (Å²) in [5, 5.41) is 9.46. The lowest BCUT2D eigenvalue weighted by atomic mass is 9.84. The highest BCUT2D eigenvalue weighted by atomic mass is 16.4. The van der Waals surface area contributed by atoms with Crippen LogP contribution in [0.4, 0.5) is 0 Å². The number of rotatable bonds is 4. The molecule has 5 heteroatoms. The molecule has 0 bridgehead atoms. The smallest absolute Gasteiger partial charge is 0.326 e. The number of likely N-dealkylation sites (tertiary alicyclic amines) is 1. The molecule has 3 N–H and O–H groups in total. The van der Waals surface area contributed by atoms with Crippen molar-refractivity contribution in [3.05, 3.63) is 0 Å². The average Bonchev–Trinajstić information content (AvgIpc) is 2.85. The first kappa shape index (κ1) is 15.3. The molecule has 1 heterocycles. The third-order valence-corrected chi connectivity index (χ3v) is 5.30. The van der Waals surface area contributed by atoms with Crippen LogP contribution >= 0.6 is 0 Å². The first-order valence-corrected chi connectivity index (χ1v) is 7.79. The zero-order chi connectivity index (χ0) is 14.9. The summed E-state index contributed by atoms with van der Waals surface area (Å²) in [4.78, 5) is 26.0. The molecule has 1 saturated heterocycles. The second-order valence-electron chi connectivity index (χ2n) is 6.28. The third-order valence-electron chi connectivity index (χ3n) is 5.30. The average molecular weight is 282 g/mol. The van der Waals surface area contributed by atoms with Gasteiger partial charge < -0.3 is 15.7 Å². The predicted octanol–water partition coefficient (Wildman–Crippen LogP) is 1.75. The van der Waals surface area contributed by atoms with Crippen molar-refractivity contribution in [1.82, 2.24) is 4.90 Å². The molecule has 1 amide bonds. The van der Waals surface area contributed by atoms with Gasteiger partial charge in [-0.3, -0.25) is 4.79 Å². The van der Waals surface area contributed by atoms with Crippen molar-refractivity contribution >= 4 is 11.9 Å². The number of fused-ring (bicyclic) bond motifs is 1. The van der Waals surface area contributed by atoms with Crippen molar-refractivity contribution in [3.63, 3.8) is 0 Å². The van der Waals surface area contributed by atoms with Gasteiger partial charge in [-0.05, 0) is 38.0 Å². The lowest BCUT2D eigenvalue weighted by molar-refractivity contribution is -0.152. The Hall–Kier alpha value is -1.10. The van der Waals surface area contributed by atoms with Gasteiger partial charge in [0.25, 0.3) is 0 Å². The number of nitrogens with zero attached hydrogens (tertiary/aromatic N) is 1. The van der Waals surface area contributed by atoms with Gasteiger partial charge in [-0.2, -0.15) is 0 Å². The van der Waals surface area contributed by atoms with Crippen LogP contribution in [0.5, 0.6) is 0 Å². The van der Waals surface area contributed by atoms with Crippen molar-refractivity contribution in [2.45, 2.75) is 76.4 Å². The minimum atomic E-state index is -0.917. The fourth-order valence-electron chi connectivity index (χ4n) is 3.78. The summed E-state index contributed by atoms with van der Waals surface area (Å²) in [7, 11) is 0. The zero-order valence-electron chi connectivity index (χ0n) is 12.5. The molecule has 1 aliphatic heterocycles. The molecule has 2 rings (SSSR count). The Balaban J connectivity index is 2.29. The molecular formula is C15H26N2O3. The van der Waals surface area contributed by atoms with E-state index in [1.54, 1.807) is 4.90 Å². The van der Waals surface area contributed by atoms with Gasteiger partial charge in [-0.15, -0.1) is 0 Å². The number of carboxylic acids is 1. The molecule has 0 aromatic carbocycles. The van der Waals surface area contributed by atoms with Crippen LogP contribution in [0, 0.1) is 5.92 Å². The molecule has 2 fully saturated rings. The Morgan fingerprint density at radius 3 is 2.40 bits per heavy atom. The molecule has 1 aliphatic carbocycles. The topological polar surface area (TPSA) is 83.6 Å². The number of hydrogen-bond acceptors (Lipinski definition) is 3.